The van der Waals surface area contributed by atoms with Crippen LogP contribution in [0.5, 0.6) is 0 Å². The number of hydrogen-bond acceptors (Lipinski definition) is 0. The van der Waals surface area contributed by atoms with Crippen LogP contribution in [0.25, 0.3) is 0 Å². The van der Waals surface area contributed by atoms with Crippen molar-refractivity contribution in [2.75, 3.05) is 0 Å². The van der Waals surface area contributed by atoms with Gasteiger partial charge in [0.1, 0.15) is 5.82 Å². The first-order chi connectivity index (χ1) is 5.54. The molecule has 0 atom stereocenters. The van der Waals surface area contributed by atoms with E-state index in [-0.39, 0.29) is 15.1 Å². The highest BCUT2D eigenvalue weighted by atomic mass is 79.9. The molecule has 0 bridgehead atoms. The van der Waals surface area contributed by atoms with Gasteiger partial charge in [0.25, 0.3) is 6.43 Å². The van der Waals surface area contributed by atoms with Crippen molar-refractivity contribution in [2.45, 2.75) is 6.43 Å². The van der Waals surface area contributed by atoms with Crippen molar-refractivity contribution in [3.63, 3.8) is 0 Å². The van der Waals surface area contributed by atoms with Crippen molar-refractivity contribution >= 4 is 27.5 Å². The summed E-state index contributed by atoms with van der Waals surface area (Å²) in [6.07, 6.45) is -2.69. The molecule has 12 heavy (non-hydrogen) atoms. The Balaban J connectivity index is 3.27. The van der Waals surface area contributed by atoms with Gasteiger partial charge >= 0.3 is 0 Å². The molecule has 0 aliphatic heterocycles. The maximum Gasteiger partial charge on any atom is 0.265 e. The molecule has 0 saturated heterocycles. The molecule has 5 heteroatoms. The van der Waals surface area contributed by atoms with Crippen LogP contribution in [0.4, 0.5) is 13.2 Å². The zero-order valence-corrected chi connectivity index (χ0v) is 7.96. The van der Waals surface area contributed by atoms with Crippen molar-refractivity contribution in [1.82, 2.24) is 0 Å². The minimum absolute atomic E-state index is 0.123. The number of hydrogen-bond donors (Lipinski definition) is 0. The molecular formula is C7H3BrClF3. The van der Waals surface area contributed by atoms with Crippen LogP contribution in [0.15, 0.2) is 16.6 Å². The van der Waals surface area contributed by atoms with Crippen LogP contribution in [0.3, 0.4) is 0 Å². The molecule has 1 rings (SSSR count). The van der Waals surface area contributed by atoms with Gasteiger partial charge in [-0.05, 0) is 28.1 Å². The molecule has 0 nitrogen and oxygen atoms in total. The van der Waals surface area contributed by atoms with Crippen LogP contribution in [0.1, 0.15) is 12.0 Å². The Labute approximate surface area is 80.5 Å². The van der Waals surface area contributed by atoms with Crippen LogP contribution in [0, 0.1) is 5.82 Å². The first-order valence-electron chi connectivity index (χ1n) is 2.95. The van der Waals surface area contributed by atoms with Crippen molar-refractivity contribution < 1.29 is 13.2 Å². The fraction of sp³-hybridized carbons (Fsp3) is 0.143. The third-order valence-electron chi connectivity index (χ3n) is 1.30. The fourth-order valence-corrected chi connectivity index (χ4v) is 1.31. The molecule has 0 N–H and O–H groups in total. The van der Waals surface area contributed by atoms with Crippen molar-refractivity contribution in [3.05, 3.63) is 33.0 Å². The fourth-order valence-electron chi connectivity index (χ4n) is 0.709. The summed E-state index contributed by atoms with van der Waals surface area (Å²) in [5, 5.41) is -0.273. The van der Waals surface area contributed by atoms with E-state index in [0.29, 0.717) is 0 Å². The molecular weight excluding hydrogens is 256 g/mol. The van der Waals surface area contributed by atoms with Gasteiger partial charge in [0.05, 0.1) is 9.50 Å². The van der Waals surface area contributed by atoms with Crippen LogP contribution >= 0.6 is 27.5 Å². The highest BCUT2D eigenvalue weighted by molar-refractivity contribution is 9.10. The van der Waals surface area contributed by atoms with Gasteiger partial charge in [-0.1, -0.05) is 11.6 Å². The average molecular weight is 259 g/mol. The number of halogens is 5. The Bertz CT molecular complexity index is 301. The Kier molecular flexibility index (Phi) is 3.01. The molecule has 0 aromatic heterocycles. The van der Waals surface area contributed by atoms with Gasteiger partial charge in [-0.3, -0.25) is 0 Å². The largest absolute Gasteiger partial charge is 0.265 e. The SMILES string of the molecule is Fc1ccc(C(F)F)c(Cl)c1Br. The van der Waals surface area contributed by atoms with E-state index in [0.717, 1.165) is 12.1 Å². The zero-order valence-electron chi connectivity index (χ0n) is 5.62. The molecule has 0 unspecified atom stereocenters. The van der Waals surface area contributed by atoms with Crippen molar-refractivity contribution in [1.29, 1.82) is 0 Å². The highest BCUT2D eigenvalue weighted by Crippen LogP contribution is 2.34. The van der Waals surface area contributed by atoms with Crippen LogP contribution in [-0.2, 0) is 0 Å². The van der Waals surface area contributed by atoms with E-state index in [2.05, 4.69) is 15.9 Å². The molecule has 0 spiro atoms. The number of alkyl halides is 2. The topological polar surface area (TPSA) is 0 Å². The van der Waals surface area contributed by atoms with E-state index in [4.69, 9.17) is 11.6 Å². The summed E-state index contributed by atoms with van der Waals surface area (Å²) >= 11 is 8.18. The first kappa shape index (κ1) is 9.86. The third kappa shape index (κ3) is 1.75. The second kappa shape index (κ2) is 3.66. The van der Waals surface area contributed by atoms with Crippen LogP contribution < -0.4 is 0 Å². The van der Waals surface area contributed by atoms with Gasteiger partial charge < -0.3 is 0 Å². The molecule has 0 radical (unpaired) electrons. The van der Waals surface area contributed by atoms with E-state index in [1.807, 2.05) is 0 Å². The van der Waals surface area contributed by atoms with Crippen LogP contribution in [0.2, 0.25) is 5.02 Å². The van der Waals surface area contributed by atoms with Gasteiger partial charge in [0.15, 0.2) is 0 Å². The quantitative estimate of drug-likeness (QED) is 0.664. The lowest BCUT2D eigenvalue weighted by Crippen LogP contribution is -1.89. The van der Waals surface area contributed by atoms with Gasteiger partial charge in [-0.15, -0.1) is 0 Å². The molecule has 0 fully saturated rings. The summed E-state index contributed by atoms with van der Waals surface area (Å²) in [5.74, 6) is -0.649. The van der Waals surface area contributed by atoms with Crippen molar-refractivity contribution in [3.8, 4) is 0 Å². The molecule has 1 aromatic rings. The smallest absolute Gasteiger partial charge is 0.206 e. The van der Waals surface area contributed by atoms with Crippen LogP contribution in [-0.4, -0.2) is 0 Å². The average Bonchev–Trinajstić information content (AvgIpc) is 2.00. The minimum atomic E-state index is -2.69. The lowest BCUT2D eigenvalue weighted by molar-refractivity contribution is 0.151. The summed E-state index contributed by atoms with van der Waals surface area (Å²) in [4.78, 5) is 0. The van der Waals surface area contributed by atoms with Crippen molar-refractivity contribution in [2.24, 2.45) is 0 Å². The lowest BCUT2D eigenvalue weighted by atomic mass is 10.2. The second-order valence-corrected chi connectivity index (χ2v) is 3.24. The summed E-state index contributed by atoms with van der Waals surface area (Å²) in [6.45, 7) is 0. The van der Waals surface area contributed by atoms with Gasteiger partial charge in [0.2, 0.25) is 0 Å². The van der Waals surface area contributed by atoms with E-state index in [9.17, 15) is 13.2 Å². The van der Waals surface area contributed by atoms with Gasteiger partial charge in [-0.2, -0.15) is 0 Å². The summed E-state index contributed by atoms with van der Waals surface area (Å²) in [5.41, 5.74) is -0.370. The molecule has 0 heterocycles. The molecule has 66 valence electrons. The summed E-state index contributed by atoms with van der Waals surface area (Å²) < 4.78 is 36.7. The van der Waals surface area contributed by atoms with E-state index >= 15 is 0 Å². The lowest BCUT2D eigenvalue weighted by Gasteiger charge is -2.04. The van der Waals surface area contributed by atoms with E-state index in [1.165, 1.54) is 0 Å². The second-order valence-electron chi connectivity index (χ2n) is 2.07. The van der Waals surface area contributed by atoms with E-state index < -0.39 is 12.2 Å². The predicted molar refractivity (Wildman–Crippen MR) is 44.1 cm³/mol. The molecule has 0 aliphatic carbocycles. The molecule has 0 aliphatic rings. The Morgan fingerprint density at radius 2 is 1.92 bits per heavy atom. The third-order valence-corrected chi connectivity index (χ3v) is 2.71. The molecule has 1 aromatic carbocycles. The molecule has 0 saturated carbocycles. The summed E-state index contributed by atoms with van der Waals surface area (Å²) in [7, 11) is 0. The highest BCUT2D eigenvalue weighted by Gasteiger charge is 2.16. The predicted octanol–water partition coefficient (Wildman–Crippen LogP) is 4.18. The number of benzene rings is 1. The van der Waals surface area contributed by atoms with E-state index in [1.54, 1.807) is 0 Å². The summed E-state index contributed by atoms with van der Waals surface area (Å²) in [6, 6.07) is 1.91. The Hall–Kier alpha value is -0.220. The van der Waals surface area contributed by atoms with Gasteiger partial charge in [-0.25, -0.2) is 13.2 Å². The van der Waals surface area contributed by atoms with Gasteiger partial charge in [0, 0.05) is 5.56 Å². The number of rotatable bonds is 1. The first-order valence-corrected chi connectivity index (χ1v) is 4.12. The zero-order chi connectivity index (χ0) is 9.30. The maximum absolute atomic E-state index is 12.6. The Morgan fingerprint density at radius 1 is 1.33 bits per heavy atom. The minimum Gasteiger partial charge on any atom is -0.206 e. The standard InChI is InChI=1S/C7H3BrClF3/c8-5-4(10)2-1-3(6(5)9)7(11)12/h1-2,7H. The monoisotopic (exact) mass is 258 g/mol. The maximum atomic E-state index is 12.6. The normalized spacial score (nSPS) is 10.8. The molecule has 0 amide bonds. The Morgan fingerprint density at radius 3 is 2.42 bits per heavy atom.